The molecular formula is C11H15BrN2O2S. The molecule has 4 nitrogen and oxygen atoms in total. The van der Waals surface area contributed by atoms with Crippen LogP contribution in [0, 0.1) is 5.92 Å². The van der Waals surface area contributed by atoms with Crippen LogP contribution in [0.3, 0.4) is 0 Å². The maximum Gasteiger partial charge on any atom is 0.243 e. The Balaban J connectivity index is 2.22. The molecule has 0 saturated carbocycles. The molecule has 0 radical (unpaired) electrons. The first-order valence-corrected chi connectivity index (χ1v) is 7.73. The first kappa shape index (κ1) is 13.0. The molecule has 1 aromatic carbocycles. The molecule has 0 aliphatic carbocycles. The molecule has 2 N–H and O–H groups in total. The molecule has 1 heterocycles. The Morgan fingerprint density at radius 3 is 2.53 bits per heavy atom. The lowest BCUT2D eigenvalue weighted by Crippen LogP contribution is -2.29. The van der Waals surface area contributed by atoms with E-state index in [2.05, 4.69) is 15.9 Å². The average Bonchev–Trinajstić information content (AvgIpc) is 2.78. The van der Waals surface area contributed by atoms with E-state index in [0.717, 1.165) is 10.9 Å². The molecule has 1 atom stereocenters. The van der Waals surface area contributed by atoms with Gasteiger partial charge in [-0.25, -0.2) is 8.42 Å². The molecule has 17 heavy (non-hydrogen) atoms. The lowest BCUT2D eigenvalue weighted by Gasteiger charge is -2.16. The molecule has 0 bridgehead atoms. The zero-order valence-corrected chi connectivity index (χ0v) is 11.7. The number of hydrogen-bond donors (Lipinski definition) is 1. The summed E-state index contributed by atoms with van der Waals surface area (Å²) >= 11 is 3.29. The van der Waals surface area contributed by atoms with Crippen LogP contribution in [0.4, 0.5) is 0 Å². The second kappa shape index (κ2) is 5.06. The van der Waals surface area contributed by atoms with Gasteiger partial charge in [-0.2, -0.15) is 4.31 Å². The van der Waals surface area contributed by atoms with E-state index in [-0.39, 0.29) is 0 Å². The number of nitrogens with two attached hydrogens (primary N) is 1. The summed E-state index contributed by atoms with van der Waals surface area (Å²) in [6.45, 7) is 1.65. The van der Waals surface area contributed by atoms with Gasteiger partial charge in [0.25, 0.3) is 0 Å². The van der Waals surface area contributed by atoms with Crippen LogP contribution in [0.2, 0.25) is 0 Å². The van der Waals surface area contributed by atoms with Crippen LogP contribution < -0.4 is 5.73 Å². The lowest BCUT2D eigenvalue weighted by atomic mass is 10.1. The summed E-state index contributed by atoms with van der Waals surface area (Å²) < 4.78 is 26.9. The Morgan fingerprint density at radius 1 is 1.35 bits per heavy atom. The zero-order valence-electron chi connectivity index (χ0n) is 9.34. The predicted octanol–water partition coefficient (Wildman–Crippen LogP) is 1.42. The van der Waals surface area contributed by atoms with Gasteiger partial charge in [0.05, 0.1) is 4.90 Å². The van der Waals surface area contributed by atoms with Crippen molar-refractivity contribution in [1.82, 2.24) is 4.31 Å². The molecule has 0 amide bonds. The van der Waals surface area contributed by atoms with Crippen LogP contribution in [0.25, 0.3) is 0 Å². The Morgan fingerprint density at radius 2 is 2.00 bits per heavy atom. The van der Waals surface area contributed by atoms with Crippen LogP contribution in [-0.4, -0.2) is 32.4 Å². The maximum atomic E-state index is 12.3. The van der Waals surface area contributed by atoms with Crippen molar-refractivity contribution in [2.45, 2.75) is 11.3 Å². The largest absolute Gasteiger partial charge is 0.330 e. The van der Waals surface area contributed by atoms with Gasteiger partial charge in [0.2, 0.25) is 10.0 Å². The second-order valence-corrected chi connectivity index (χ2v) is 7.06. The second-order valence-electron chi connectivity index (χ2n) is 4.21. The van der Waals surface area contributed by atoms with E-state index < -0.39 is 10.0 Å². The summed E-state index contributed by atoms with van der Waals surface area (Å²) in [5, 5.41) is 0. The highest BCUT2D eigenvalue weighted by Crippen LogP contribution is 2.24. The van der Waals surface area contributed by atoms with E-state index in [9.17, 15) is 8.42 Å². The molecule has 94 valence electrons. The van der Waals surface area contributed by atoms with Gasteiger partial charge in [-0.05, 0) is 43.1 Å². The van der Waals surface area contributed by atoms with Gasteiger partial charge in [-0.15, -0.1) is 0 Å². The van der Waals surface area contributed by atoms with E-state index >= 15 is 0 Å². The van der Waals surface area contributed by atoms with Gasteiger partial charge in [0, 0.05) is 17.6 Å². The highest BCUT2D eigenvalue weighted by Gasteiger charge is 2.31. The molecule has 2 rings (SSSR count). The molecule has 6 heteroatoms. The minimum atomic E-state index is -3.34. The van der Waals surface area contributed by atoms with Crippen molar-refractivity contribution >= 4 is 26.0 Å². The van der Waals surface area contributed by atoms with Gasteiger partial charge in [0.1, 0.15) is 0 Å². The molecule has 0 aromatic heterocycles. The fraction of sp³-hybridized carbons (Fsp3) is 0.455. The first-order chi connectivity index (χ1) is 8.04. The summed E-state index contributed by atoms with van der Waals surface area (Å²) in [6.07, 6.45) is 0.853. The fourth-order valence-corrected chi connectivity index (χ4v) is 3.76. The molecule has 1 aliphatic rings. The van der Waals surface area contributed by atoms with Crippen molar-refractivity contribution in [2.24, 2.45) is 11.7 Å². The third-order valence-electron chi connectivity index (χ3n) is 3.03. The summed E-state index contributed by atoms with van der Waals surface area (Å²) in [5.74, 6) is 0.292. The Kier molecular flexibility index (Phi) is 3.87. The van der Waals surface area contributed by atoms with Gasteiger partial charge in [-0.1, -0.05) is 15.9 Å². The molecule has 1 aromatic rings. The smallest absolute Gasteiger partial charge is 0.243 e. The van der Waals surface area contributed by atoms with Gasteiger partial charge in [-0.3, -0.25) is 0 Å². The van der Waals surface area contributed by atoms with E-state index in [1.165, 1.54) is 4.31 Å². The van der Waals surface area contributed by atoms with E-state index in [0.29, 0.717) is 30.4 Å². The maximum absolute atomic E-state index is 12.3. The van der Waals surface area contributed by atoms with Crippen LogP contribution in [0.1, 0.15) is 6.42 Å². The number of hydrogen-bond acceptors (Lipinski definition) is 3. The van der Waals surface area contributed by atoms with Crippen molar-refractivity contribution in [3.8, 4) is 0 Å². The van der Waals surface area contributed by atoms with Crippen molar-refractivity contribution in [2.75, 3.05) is 19.6 Å². The van der Waals surface area contributed by atoms with Crippen LogP contribution in [0.5, 0.6) is 0 Å². The minimum absolute atomic E-state index is 0.292. The molecular weight excluding hydrogens is 304 g/mol. The quantitative estimate of drug-likeness (QED) is 0.916. The van der Waals surface area contributed by atoms with E-state index in [4.69, 9.17) is 5.73 Å². The van der Waals surface area contributed by atoms with Crippen molar-refractivity contribution in [1.29, 1.82) is 0 Å². The van der Waals surface area contributed by atoms with Gasteiger partial charge < -0.3 is 5.73 Å². The number of halogens is 1. The monoisotopic (exact) mass is 318 g/mol. The Labute approximate surface area is 110 Å². The average molecular weight is 319 g/mol. The highest BCUT2D eigenvalue weighted by atomic mass is 79.9. The molecule has 0 spiro atoms. The Hall–Kier alpha value is -0.430. The van der Waals surface area contributed by atoms with Crippen molar-refractivity contribution < 1.29 is 8.42 Å². The number of benzene rings is 1. The standard InChI is InChI=1S/C11H15BrN2O2S/c12-10-1-3-11(4-2-10)17(15,16)14-6-5-9(7-13)8-14/h1-4,9H,5-8,13H2/t9-/m0/s1. The summed E-state index contributed by atoms with van der Waals surface area (Å²) in [6, 6.07) is 6.72. The Bertz CT molecular complexity index is 487. The molecule has 1 aliphatic heterocycles. The van der Waals surface area contributed by atoms with Crippen LogP contribution in [-0.2, 0) is 10.0 Å². The number of sulfonamides is 1. The normalized spacial score (nSPS) is 21.9. The van der Waals surface area contributed by atoms with E-state index in [1.807, 2.05) is 0 Å². The lowest BCUT2D eigenvalue weighted by molar-refractivity contribution is 0.459. The third kappa shape index (κ3) is 2.70. The highest BCUT2D eigenvalue weighted by molar-refractivity contribution is 9.10. The topological polar surface area (TPSA) is 63.4 Å². The van der Waals surface area contributed by atoms with Crippen molar-refractivity contribution in [3.05, 3.63) is 28.7 Å². The van der Waals surface area contributed by atoms with Gasteiger partial charge in [0.15, 0.2) is 0 Å². The predicted molar refractivity (Wildman–Crippen MR) is 70.1 cm³/mol. The number of nitrogens with zero attached hydrogens (tertiary/aromatic N) is 1. The summed E-state index contributed by atoms with van der Waals surface area (Å²) in [5.41, 5.74) is 5.57. The van der Waals surface area contributed by atoms with Crippen LogP contribution in [0.15, 0.2) is 33.6 Å². The van der Waals surface area contributed by atoms with Crippen LogP contribution >= 0.6 is 15.9 Å². The third-order valence-corrected chi connectivity index (χ3v) is 5.44. The SMILES string of the molecule is NC[C@@H]1CCN(S(=O)(=O)c2ccc(Br)cc2)C1. The summed E-state index contributed by atoms with van der Waals surface area (Å²) in [7, 11) is -3.34. The zero-order chi connectivity index (χ0) is 12.5. The van der Waals surface area contributed by atoms with Crippen molar-refractivity contribution in [3.63, 3.8) is 0 Å². The number of rotatable bonds is 3. The fourth-order valence-electron chi connectivity index (χ4n) is 1.96. The molecule has 0 unspecified atom stereocenters. The summed E-state index contributed by atoms with van der Waals surface area (Å²) in [4.78, 5) is 0.346. The van der Waals surface area contributed by atoms with E-state index in [1.54, 1.807) is 24.3 Å². The first-order valence-electron chi connectivity index (χ1n) is 5.50. The minimum Gasteiger partial charge on any atom is -0.330 e. The molecule has 1 fully saturated rings. The molecule has 1 saturated heterocycles. The van der Waals surface area contributed by atoms with Gasteiger partial charge >= 0.3 is 0 Å².